The number of ketones is 2. The molecule has 0 aromatic rings. The van der Waals surface area contributed by atoms with E-state index in [1.54, 1.807) is 6.92 Å². The van der Waals surface area contributed by atoms with E-state index in [-0.39, 0.29) is 18.0 Å². The van der Waals surface area contributed by atoms with Crippen LogP contribution in [0.3, 0.4) is 0 Å². The van der Waals surface area contributed by atoms with Gasteiger partial charge >= 0.3 is 0 Å². The summed E-state index contributed by atoms with van der Waals surface area (Å²) in [7, 11) is 0. The molecule has 0 aliphatic carbocycles. The van der Waals surface area contributed by atoms with Crippen molar-refractivity contribution in [2.45, 2.75) is 252 Å². The Balaban J connectivity index is 0. The number of rotatable bonds is 38. The van der Waals surface area contributed by atoms with Crippen molar-refractivity contribution >= 4 is 17.5 Å². The van der Waals surface area contributed by atoms with Gasteiger partial charge in [0.15, 0.2) is 12.5 Å². The maximum Gasteiger partial charge on any atom is 0.190 e. The monoisotopic (exact) mass is 712 g/mol. The van der Waals surface area contributed by atoms with Gasteiger partial charge in [0.25, 0.3) is 0 Å². The van der Waals surface area contributed by atoms with Gasteiger partial charge in [-0.2, -0.15) is 0 Å². The van der Waals surface area contributed by atoms with E-state index < -0.39 is 24.3 Å². The number of carbonyl (C=O) groups is 3. The average molecular weight is 712 g/mol. The summed E-state index contributed by atoms with van der Waals surface area (Å²) >= 11 is 0. The van der Waals surface area contributed by atoms with Crippen LogP contribution in [-0.2, 0) is 14.4 Å². The third kappa shape index (κ3) is 41.1. The molecule has 0 aromatic heterocycles. The molecule has 4 N–H and O–H groups in total. The Morgan fingerprint density at radius 2 is 0.700 bits per heavy atom. The van der Waals surface area contributed by atoms with E-state index >= 15 is 0 Å². The van der Waals surface area contributed by atoms with E-state index in [1.807, 2.05) is 0 Å². The first-order chi connectivity index (χ1) is 24.1. The molecular formula is C43H85NO6. The fraction of sp³-hybridized carbons (Fsp3) is 0.930. The highest BCUT2D eigenvalue weighted by Gasteiger charge is 2.29. The lowest BCUT2D eigenvalue weighted by Crippen LogP contribution is -2.94. The molecule has 0 spiro atoms. The molecule has 0 fully saturated rings. The zero-order chi connectivity index (χ0) is 37.5. The molecule has 0 saturated carbocycles. The van der Waals surface area contributed by atoms with Crippen molar-refractivity contribution in [3.8, 4) is 0 Å². The number of hydrogen-bond donors (Lipinski definition) is 3. The number of aliphatic hydroxyl groups is 2. The van der Waals surface area contributed by atoms with Crippen LogP contribution >= 0.6 is 0 Å². The summed E-state index contributed by atoms with van der Waals surface area (Å²) in [6.45, 7) is 7.11. The van der Waals surface area contributed by atoms with Crippen molar-refractivity contribution in [1.29, 1.82) is 0 Å². The van der Waals surface area contributed by atoms with E-state index in [0.29, 0.717) is 12.8 Å². The van der Waals surface area contributed by atoms with E-state index in [0.717, 1.165) is 45.4 Å². The Bertz CT molecular complexity index is 693. The Hall–Kier alpha value is -1.31. The van der Waals surface area contributed by atoms with Crippen molar-refractivity contribution in [2.24, 2.45) is 5.92 Å². The maximum absolute atomic E-state index is 13.1. The molecular weight excluding hydrogens is 626 g/mol. The number of nitrogens with two attached hydrogens (primary N) is 1. The van der Waals surface area contributed by atoms with Gasteiger partial charge in [-0.15, -0.1) is 0 Å². The normalized spacial score (nSPS) is 12.5. The number of aliphatic hydroxyl groups excluding tert-OH is 2. The second-order valence-electron chi connectivity index (χ2n) is 15.1. The summed E-state index contributed by atoms with van der Waals surface area (Å²) in [6, 6.07) is 0. The molecule has 0 bridgehead atoms. The van der Waals surface area contributed by atoms with Gasteiger partial charge in [0.2, 0.25) is 0 Å². The van der Waals surface area contributed by atoms with Crippen LogP contribution in [0.1, 0.15) is 240 Å². The van der Waals surface area contributed by atoms with Crippen molar-refractivity contribution < 1.29 is 35.0 Å². The summed E-state index contributed by atoms with van der Waals surface area (Å²) in [4.78, 5) is 35.1. The highest BCUT2D eigenvalue weighted by molar-refractivity contribution is 6.02. The van der Waals surface area contributed by atoms with Crippen molar-refractivity contribution in [2.75, 3.05) is 0 Å². The van der Waals surface area contributed by atoms with Gasteiger partial charge in [-0.05, 0) is 19.8 Å². The number of Topliss-reactive ketones (excluding diaryl/α,β-unsaturated/α-hetero) is 2. The van der Waals surface area contributed by atoms with E-state index in [9.17, 15) is 19.8 Å². The van der Waals surface area contributed by atoms with E-state index in [2.05, 4.69) is 13.8 Å². The van der Waals surface area contributed by atoms with Crippen LogP contribution in [0.2, 0.25) is 0 Å². The first-order valence-corrected chi connectivity index (χ1v) is 21.6. The van der Waals surface area contributed by atoms with Gasteiger partial charge in [0.1, 0.15) is 11.6 Å². The molecule has 2 atom stereocenters. The van der Waals surface area contributed by atoms with Crippen molar-refractivity contribution in [3.05, 3.63) is 0 Å². The molecule has 0 aliphatic rings. The number of hydrogen-bond acceptors (Lipinski definition) is 6. The lowest BCUT2D eigenvalue weighted by molar-refractivity contribution is -0.779. The Morgan fingerprint density at radius 1 is 0.480 bits per heavy atom. The molecule has 2 unspecified atom stereocenters. The Morgan fingerprint density at radius 3 is 0.920 bits per heavy atom. The lowest BCUT2D eigenvalue weighted by Gasteiger charge is -2.18. The second kappa shape index (κ2) is 40.5. The molecule has 0 amide bonds. The molecule has 50 heavy (non-hydrogen) atoms. The molecule has 7 nitrogen and oxygen atoms in total. The largest absolute Gasteiger partial charge is 0.550 e. The first-order valence-electron chi connectivity index (χ1n) is 21.6. The van der Waals surface area contributed by atoms with Crippen LogP contribution in [0.5, 0.6) is 0 Å². The summed E-state index contributed by atoms with van der Waals surface area (Å²) in [5, 5.41) is 30.3. The minimum atomic E-state index is -1.08. The molecule has 7 heteroatoms. The minimum Gasteiger partial charge on any atom is -0.550 e. The SMILES string of the molecule is CC(=O)[O-].CCCCCCCCCCCCCCCCCC(=O)C(CC(O)[NH2+]C(C)O)C(=O)CCCCCCCCCCCCCCCCC. The molecule has 0 aromatic carbocycles. The van der Waals surface area contributed by atoms with E-state index in [4.69, 9.17) is 9.90 Å². The number of unbranched alkanes of at least 4 members (excludes halogenated alkanes) is 28. The summed E-state index contributed by atoms with van der Waals surface area (Å²) in [6.07, 6.45) is 37.8. The average Bonchev–Trinajstić information content (AvgIpc) is 3.06. The van der Waals surface area contributed by atoms with Gasteiger partial charge in [0.05, 0.1) is 5.92 Å². The maximum atomic E-state index is 13.1. The lowest BCUT2D eigenvalue weighted by atomic mass is 9.88. The highest BCUT2D eigenvalue weighted by atomic mass is 16.4. The molecule has 0 saturated heterocycles. The molecule has 0 radical (unpaired) electrons. The van der Waals surface area contributed by atoms with Crippen LogP contribution in [0, 0.1) is 5.92 Å². The van der Waals surface area contributed by atoms with Crippen LogP contribution in [-0.4, -0.2) is 40.2 Å². The second-order valence-corrected chi connectivity index (χ2v) is 15.1. The van der Waals surface area contributed by atoms with Crippen LogP contribution in [0.15, 0.2) is 0 Å². The zero-order valence-corrected chi connectivity index (χ0v) is 33.7. The van der Waals surface area contributed by atoms with Crippen molar-refractivity contribution in [1.82, 2.24) is 0 Å². The molecule has 0 aliphatic heterocycles. The van der Waals surface area contributed by atoms with Gasteiger partial charge in [-0.25, -0.2) is 0 Å². The van der Waals surface area contributed by atoms with Gasteiger partial charge < -0.3 is 20.1 Å². The fourth-order valence-electron chi connectivity index (χ4n) is 6.77. The number of carboxylic acid groups (broad SMARTS) is 1. The minimum absolute atomic E-state index is 0.0151. The Labute approximate surface area is 309 Å². The number of aliphatic carboxylic acids is 1. The first kappa shape index (κ1) is 50.8. The van der Waals surface area contributed by atoms with E-state index in [1.165, 1.54) is 159 Å². The molecule has 0 rings (SSSR count). The van der Waals surface area contributed by atoms with Crippen LogP contribution in [0.25, 0.3) is 0 Å². The van der Waals surface area contributed by atoms with Crippen LogP contribution < -0.4 is 10.4 Å². The predicted molar refractivity (Wildman–Crippen MR) is 208 cm³/mol. The van der Waals surface area contributed by atoms with Gasteiger partial charge in [-0.3, -0.25) is 14.9 Å². The standard InChI is InChI=1S/C41H81NO4.C2H4O2/c1-4-6-8-10-12-14-16-18-20-22-24-26-28-30-32-34-39(44)38(36-41(46)42-37(3)43)40(45)35-33-31-29-27-25-23-21-19-17-15-13-11-9-7-5-2;1-2(3)4/h37-38,41-43,46H,4-36H2,1-3H3;1H3,(H,3,4). The fourth-order valence-corrected chi connectivity index (χ4v) is 6.77. The molecule has 298 valence electrons. The number of carboxylic acids is 1. The summed E-state index contributed by atoms with van der Waals surface area (Å²) in [5.74, 6) is -1.85. The molecule has 0 heterocycles. The number of quaternary nitrogens is 1. The van der Waals surface area contributed by atoms with Gasteiger partial charge in [0, 0.05) is 32.2 Å². The van der Waals surface area contributed by atoms with Crippen molar-refractivity contribution in [3.63, 3.8) is 0 Å². The number of carbonyl (C=O) groups excluding carboxylic acids is 3. The summed E-state index contributed by atoms with van der Waals surface area (Å²) in [5.41, 5.74) is 0. The summed E-state index contributed by atoms with van der Waals surface area (Å²) < 4.78 is 0. The van der Waals surface area contributed by atoms with Crippen LogP contribution in [0.4, 0.5) is 0 Å². The zero-order valence-electron chi connectivity index (χ0n) is 33.7. The topological polar surface area (TPSA) is 131 Å². The Kier molecular flexibility index (Phi) is 41.1. The highest BCUT2D eigenvalue weighted by Crippen LogP contribution is 2.19. The predicted octanol–water partition coefficient (Wildman–Crippen LogP) is 9.63. The smallest absolute Gasteiger partial charge is 0.190 e. The quantitative estimate of drug-likeness (QED) is 0.0332. The third-order valence-electron chi connectivity index (χ3n) is 9.81. The van der Waals surface area contributed by atoms with Gasteiger partial charge in [-0.1, -0.05) is 194 Å². The third-order valence-corrected chi connectivity index (χ3v) is 9.81.